The molecule has 6 N–H and O–H groups in total. The van der Waals surface area contributed by atoms with Gasteiger partial charge in [0.1, 0.15) is 23.9 Å². The molecule has 0 unspecified atom stereocenters. The minimum absolute atomic E-state index is 0.146. The summed E-state index contributed by atoms with van der Waals surface area (Å²) in [5.41, 5.74) is 19.2. The Balaban J connectivity index is 1.84. The number of rotatable bonds is 10. The fourth-order valence-electron chi connectivity index (χ4n) is 3.03. The molecule has 0 saturated carbocycles. The van der Waals surface area contributed by atoms with Crippen molar-refractivity contribution in [3.05, 3.63) is 65.7 Å². The van der Waals surface area contributed by atoms with Crippen LogP contribution in [0.15, 0.2) is 54.6 Å². The third-order valence-electron chi connectivity index (χ3n) is 4.73. The van der Waals surface area contributed by atoms with Crippen molar-refractivity contribution in [3.63, 3.8) is 0 Å². The number of hydrogen-bond donors (Lipinski definition) is 3. The zero-order valence-electron chi connectivity index (χ0n) is 18.4. The van der Waals surface area contributed by atoms with E-state index >= 15 is 0 Å². The van der Waals surface area contributed by atoms with E-state index in [4.69, 9.17) is 26.7 Å². The van der Waals surface area contributed by atoms with Gasteiger partial charge in [0.15, 0.2) is 0 Å². The van der Waals surface area contributed by atoms with Crippen LogP contribution in [0, 0.1) is 5.92 Å². The lowest BCUT2D eigenvalue weighted by Crippen LogP contribution is -2.41. The second-order valence-corrected chi connectivity index (χ2v) is 8.15. The van der Waals surface area contributed by atoms with E-state index in [0.29, 0.717) is 24.2 Å². The van der Waals surface area contributed by atoms with Crippen LogP contribution in [0.5, 0.6) is 5.75 Å². The highest BCUT2D eigenvalue weighted by Crippen LogP contribution is 2.15. The minimum atomic E-state index is -1.03. The molecule has 0 aliphatic carbocycles. The summed E-state index contributed by atoms with van der Waals surface area (Å²) in [4.78, 5) is 36.2. The standard InChI is InChI=1S/C24H31N3O5/c1-15(2)12-19(25)23(29)32-24(30)21(27)14-17-8-10-18(11-9-17)31-22(28)20(26)13-16-6-4-3-5-7-16/h3-11,15,19-21H,12-14,25-27H2,1-2H3/t19-,20-,21-/m0/s1. The van der Waals surface area contributed by atoms with Gasteiger partial charge < -0.3 is 26.7 Å². The monoisotopic (exact) mass is 441 g/mol. The second kappa shape index (κ2) is 12.1. The van der Waals surface area contributed by atoms with Crippen molar-refractivity contribution in [3.8, 4) is 5.75 Å². The van der Waals surface area contributed by atoms with Crippen LogP contribution in [-0.4, -0.2) is 36.0 Å². The van der Waals surface area contributed by atoms with Crippen molar-refractivity contribution in [1.82, 2.24) is 0 Å². The SMILES string of the molecule is CC(C)C[C@H](N)C(=O)OC(=O)[C@@H](N)Cc1ccc(OC(=O)[C@@H](N)Cc2ccccc2)cc1. The van der Waals surface area contributed by atoms with Gasteiger partial charge in [-0.15, -0.1) is 0 Å². The highest BCUT2D eigenvalue weighted by atomic mass is 16.6. The average Bonchev–Trinajstić information content (AvgIpc) is 2.75. The Bertz CT molecular complexity index is 900. The molecule has 0 heterocycles. The molecular formula is C24H31N3O5. The number of esters is 3. The normalized spacial score (nSPS) is 13.8. The molecule has 0 spiro atoms. The summed E-state index contributed by atoms with van der Waals surface area (Å²) in [5, 5.41) is 0. The molecule has 2 rings (SSSR count). The number of ether oxygens (including phenoxy) is 2. The lowest BCUT2D eigenvalue weighted by Gasteiger charge is -2.15. The summed E-state index contributed by atoms with van der Waals surface area (Å²) in [6.45, 7) is 3.83. The van der Waals surface area contributed by atoms with Crippen molar-refractivity contribution >= 4 is 17.9 Å². The van der Waals surface area contributed by atoms with Crippen LogP contribution in [0.4, 0.5) is 0 Å². The maximum absolute atomic E-state index is 12.2. The summed E-state index contributed by atoms with van der Waals surface area (Å²) in [5.74, 6) is -1.64. The smallest absolute Gasteiger partial charge is 0.330 e. The third kappa shape index (κ3) is 8.22. The fourth-order valence-corrected chi connectivity index (χ4v) is 3.03. The summed E-state index contributed by atoms with van der Waals surface area (Å²) < 4.78 is 10.1. The predicted octanol–water partition coefficient (Wildman–Crippen LogP) is 1.48. The van der Waals surface area contributed by atoms with Crippen LogP contribution in [0.25, 0.3) is 0 Å². The summed E-state index contributed by atoms with van der Waals surface area (Å²) in [6.07, 6.45) is 0.929. The van der Waals surface area contributed by atoms with E-state index in [1.165, 1.54) is 0 Å². The number of benzene rings is 2. The molecule has 3 atom stereocenters. The first-order valence-corrected chi connectivity index (χ1v) is 10.5. The molecule has 0 aliphatic heterocycles. The van der Waals surface area contributed by atoms with Crippen LogP contribution in [0.1, 0.15) is 31.4 Å². The van der Waals surface area contributed by atoms with Crippen LogP contribution < -0.4 is 21.9 Å². The first-order valence-electron chi connectivity index (χ1n) is 10.5. The summed E-state index contributed by atoms with van der Waals surface area (Å²) >= 11 is 0. The summed E-state index contributed by atoms with van der Waals surface area (Å²) in [6, 6.07) is 13.3. The van der Waals surface area contributed by atoms with Gasteiger partial charge in [0.25, 0.3) is 0 Å². The fraction of sp³-hybridized carbons (Fsp3) is 0.375. The number of carbonyl (C=O) groups excluding carboxylic acids is 3. The Morgan fingerprint density at radius 3 is 1.78 bits per heavy atom. The molecular weight excluding hydrogens is 410 g/mol. The zero-order valence-corrected chi connectivity index (χ0v) is 18.4. The van der Waals surface area contributed by atoms with E-state index in [9.17, 15) is 14.4 Å². The Morgan fingerprint density at radius 2 is 1.22 bits per heavy atom. The van der Waals surface area contributed by atoms with Crippen molar-refractivity contribution in [2.45, 2.75) is 51.2 Å². The number of hydrogen-bond acceptors (Lipinski definition) is 8. The van der Waals surface area contributed by atoms with Crippen LogP contribution in [0.3, 0.4) is 0 Å². The van der Waals surface area contributed by atoms with Gasteiger partial charge in [0, 0.05) is 0 Å². The molecule has 2 aromatic carbocycles. The lowest BCUT2D eigenvalue weighted by atomic mass is 10.0. The molecule has 32 heavy (non-hydrogen) atoms. The van der Waals surface area contributed by atoms with Gasteiger partial charge in [-0.05, 0) is 48.4 Å². The van der Waals surface area contributed by atoms with Gasteiger partial charge in [-0.2, -0.15) is 0 Å². The largest absolute Gasteiger partial charge is 0.425 e. The molecule has 8 heteroatoms. The number of nitrogens with two attached hydrogens (primary N) is 3. The maximum atomic E-state index is 12.2. The van der Waals surface area contributed by atoms with E-state index < -0.39 is 36.0 Å². The van der Waals surface area contributed by atoms with Crippen LogP contribution in [0.2, 0.25) is 0 Å². The molecule has 0 aliphatic rings. The van der Waals surface area contributed by atoms with Gasteiger partial charge in [-0.1, -0.05) is 56.3 Å². The quantitative estimate of drug-likeness (QED) is 0.285. The van der Waals surface area contributed by atoms with Gasteiger partial charge in [-0.3, -0.25) is 0 Å². The Kier molecular flexibility index (Phi) is 9.52. The molecule has 0 fully saturated rings. The van der Waals surface area contributed by atoms with Crippen LogP contribution in [-0.2, 0) is 32.0 Å². The molecule has 0 amide bonds. The van der Waals surface area contributed by atoms with Crippen molar-refractivity contribution in [2.24, 2.45) is 23.1 Å². The Labute approximate surface area is 188 Å². The van der Waals surface area contributed by atoms with E-state index in [-0.39, 0.29) is 12.3 Å². The Hall–Kier alpha value is -3.07. The third-order valence-corrected chi connectivity index (χ3v) is 4.73. The second-order valence-electron chi connectivity index (χ2n) is 8.15. The van der Waals surface area contributed by atoms with Gasteiger partial charge >= 0.3 is 17.9 Å². The summed E-state index contributed by atoms with van der Waals surface area (Å²) in [7, 11) is 0. The van der Waals surface area contributed by atoms with Crippen molar-refractivity contribution in [1.29, 1.82) is 0 Å². The molecule has 2 aromatic rings. The van der Waals surface area contributed by atoms with Gasteiger partial charge in [0.05, 0.1) is 0 Å². The molecule has 0 saturated heterocycles. The first-order chi connectivity index (χ1) is 15.2. The maximum Gasteiger partial charge on any atom is 0.330 e. The molecule has 8 nitrogen and oxygen atoms in total. The first kappa shape index (κ1) is 25.2. The van der Waals surface area contributed by atoms with Crippen LogP contribution >= 0.6 is 0 Å². The lowest BCUT2D eigenvalue weighted by molar-refractivity contribution is -0.161. The van der Waals surface area contributed by atoms with E-state index in [0.717, 1.165) is 5.56 Å². The molecule has 0 aromatic heterocycles. The molecule has 0 bridgehead atoms. The zero-order chi connectivity index (χ0) is 23.7. The number of carbonyl (C=O) groups is 3. The minimum Gasteiger partial charge on any atom is -0.425 e. The topological polar surface area (TPSA) is 148 Å². The van der Waals surface area contributed by atoms with Gasteiger partial charge in [-0.25, -0.2) is 14.4 Å². The highest BCUT2D eigenvalue weighted by molar-refractivity contribution is 5.90. The van der Waals surface area contributed by atoms with Crippen molar-refractivity contribution < 1.29 is 23.9 Å². The molecule has 172 valence electrons. The van der Waals surface area contributed by atoms with Gasteiger partial charge in [0.2, 0.25) is 0 Å². The van der Waals surface area contributed by atoms with Crippen molar-refractivity contribution in [2.75, 3.05) is 0 Å². The predicted molar refractivity (Wildman–Crippen MR) is 120 cm³/mol. The molecule has 0 radical (unpaired) electrons. The highest BCUT2D eigenvalue weighted by Gasteiger charge is 2.24. The van der Waals surface area contributed by atoms with E-state index in [1.807, 2.05) is 44.2 Å². The Morgan fingerprint density at radius 1 is 0.719 bits per heavy atom. The van der Waals surface area contributed by atoms with E-state index in [1.54, 1.807) is 24.3 Å². The average molecular weight is 442 g/mol. The van der Waals surface area contributed by atoms with E-state index in [2.05, 4.69) is 0 Å².